The van der Waals surface area contributed by atoms with Crippen molar-refractivity contribution in [2.75, 3.05) is 28.2 Å². The van der Waals surface area contributed by atoms with E-state index in [9.17, 15) is 14.4 Å². The molecule has 1 aliphatic heterocycles. The molecule has 0 aromatic heterocycles. The fourth-order valence-electron chi connectivity index (χ4n) is 4.90. The van der Waals surface area contributed by atoms with Crippen LogP contribution in [-0.2, 0) is 9.59 Å². The van der Waals surface area contributed by atoms with Gasteiger partial charge in [0.05, 0.1) is 17.9 Å². The van der Waals surface area contributed by atoms with E-state index in [4.69, 9.17) is 11.6 Å². The predicted octanol–water partition coefficient (Wildman–Crippen LogP) is 5.63. The number of urea groups is 1. The van der Waals surface area contributed by atoms with Gasteiger partial charge >= 0.3 is 6.03 Å². The highest BCUT2D eigenvalue weighted by atomic mass is 35.5. The van der Waals surface area contributed by atoms with Gasteiger partial charge in [-0.3, -0.25) is 9.59 Å². The standard InChI is InChI=1S/C28H35ClN4O3/c1-28(2,3)25(34)18-33-24-15-8-7-14-23(24)32(21-12-5-4-6-13-21)17-22(26(33)35)31-27(36)30-20-11-9-10-19(29)16-20/h7-11,14-16,21-22H,4-6,12-13,17-18H2,1-3H3,(H2,30,31,36). The molecular weight excluding hydrogens is 476 g/mol. The Morgan fingerprint density at radius 1 is 1.00 bits per heavy atom. The molecule has 0 bridgehead atoms. The predicted molar refractivity (Wildman–Crippen MR) is 145 cm³/mol. The molecule has 2 N–H and O–H groups in total. The maximum atomic E-state index is 13.9. The molecule has 8 heteroatoms. The molecule has 2 aromatic rings. The SMILES string of the molecule is CC(C)(C)C(=O)CN1C(=O)C(NC(=O)Nc2cccc(Cl)c2)CN(C2CCCCC2)c2ccccc21. The molecule has 0 saturated heterocycles. The van der Waals surface area contributed by atoms with Gasteiger partial charge in [0, 0.05) is 28.7 Å². The van der Waals surface area contributed by atoms with Crippen LogP contribution in [0.3, 0.4) is 0 Å². The van der Waals surface area contributed by atoms with Gasteiger partial charge < -0.3 is 20.4 Å². The van der Waals surface area contributed by atoms with Gasteiger partial charge in [0.15, 0.2) is 5.78 Å². The van der Waals surface area contributed by atoms with Gasteiger partial charge in [-0.1, -0.05) is 69.8 Å². The van der Waals surface area contributed by atoms with Crippen LogP contribution in [0.25, 0.3) is 0 Å². The van der Waals surface area contributed by atoms with E-state index in [0.717, 1.165) is 31.4 Å². The minimum absolute atomic E-state index is 0.0427. The highest BCUT2D eigenvalue weighted by molar-refractivity contribution is 6.30. The molecule has 7 nitrogen and oxygen atoms in total. The number of nitrogens with zero attached hydrogens (tertiary/aromatic N) is 2. The normalized spacial score (nSPS) is 18.9. The zero-order valence-electron chi connectivity index (χ0n) is 21.2. The lowest BCUT2D eigenvalue weighted by Gasteiger charge is -2.37. The summed E-state index contributed by atoms with van der Waals surface area (Å²) in [5.41, 5.74) is 1.58. The smallest absolute Gasteiger partial charge is 0.319 e. The van der Waals surface area contributed by atoms with Gasteiger partial charge in [0.1, 0.15) is 6.04 Å². The highest BCUT2D eigenvalue weighted by Gasteiger charge is 2.39. The van der Waals surface area contributed by atoms with E-state index in [1.54, 1.807) is 29.2 Å². The Morgan fingerprint density at radius 2 is 1.69 bits per heavy atom. The third kappa shape index (κ3) is 6.01. The van der Waals surface area contributed by atoms with E-state index >= 15 is 0 Å². The molecule has 1 saturated carbocycles. The first-order chi connectivity index (χ1) is 17.1. The first-order valence-corrected chi connectivity index (χ1v) is 13.0. The highest BCUT2D eigenvalue weighted by Crippen LogP contribution is 2.37. The Hall–Kier alpha value is -3.06. The maximum absolute atomic E-state index is 13.9. The van der Waals surface area contributed by atoms with E-state index in [1.807, 2.05) is 45.0 Å². The number of nitrogens with one attached hydrogen (secondary N) is 2. The lowest BCUT2D eigenvalue weighted by molar-refractivity contribution is -0.127. The zero-order valence-corrected chi connectivity index (χ0v) is 22.0. The van der Waals surface area contributed by atoms with Crippen molar-refractivity contribution < 1.29 is 14.4 Å². The van der Waals surface area contributed by atoms with Crippen molar-refractivity contribution in [3.8, 4) is 0 Å². The molecule has 3 amide bonds. The van der Waals surface area contributed by atoms with Crippen LogP contribution >= 0.6 is 11.6 Å². The average molecular weight is 511 g/mol. The van der Waals surface area contributed by atoms with Crippen LogP contribution in [0.1, 0.15) is 52.9 Å². The molecule has 1 aliphatic carbocycles. The number of carbonyl (C=O) groups excluding carboxylic acids is 3. The number of ketones is 1. The number of anilines is 3. The summed E-state index contributed by atoms with van der Waals surface area (Å²) in [5.74, 6) is -0.335. The fourth-order valence-corrected chi connectivity index (χ4v) is 5.09. The van der Waals surface area contributed by atoms with Crippen molar-refractivity contribution in [1.29, 1.82) is 0 Å². The molecule has 1 unspecified atom stereocenters. The first-order valence-electron chi connectivity index (χ1n) is 12.7. The van der Waals surface area contributed by atoms with Crippen LogP contribution in [0, 0.1) is 5.41 Å². The molecule has 0 spiro atoms. The molecule has 2 aromatic carbocycles. The topological polar surface area (TPSA) is 81.8 Å². The summed E-state index contributed by atoms with van der Waals surface area (Å²) in [7, 11) is 0. The number of hydrogen-bond donors (Lipinski definition) is 2. The van der Waals surface area contributed by atoms with Gasteiger partial charge in [-0.05, 0) is 43.2 Å². The number of amides is 3. The Balaban J connectivity index is 1.67. The number of halogens is 1. The summed E-state index contributed by atoms with van der Waals surface area (Å²) in [6.45, 7) is 5.85. The number of Topliss-reactive ketones (excluding diaryl/α,β-unsaturated/α-hetero) is 1. The number of carbonyl (C=O) groups is 3. The van der Waals surface area contributed by atoms with Crippen LogP contribution in [0.4, 0.5) is 21.9 Å². The Labute approximate surface area is 218 Å². The van der Waals surface area contributed by atoms with E-state index in [0.29, 0.717) is 22.9 Å². The quantitative estimate of drug-likeness (QED) is 0.546. The summed E-state index contributed by atoms with van der Waals surface area (Å²) < 4.78 is 0. The fraction of sp³-hybridized carbons (Fsp3) is 0.464. The largest absolute Gasteiger partial charge is 0.364 e. The summed E-state index contributed by atoms with van der Waals surface area (Å²) in [6, 6.07) is 13.6. The van der Waals surface area contributed by atoms with Crippen LogP contribution in [-0.4, -0.2) is 42.9 Å². The second-order valence-electron chi connectivity index (χ2n) is 10.7. The van der Waals surface area contributed by atoms with Crippen LogP contribution in [0.15, 0.2) is 48.5 Å². The molecule has 1 fully saturated rings. The molecule has 2 aliphatic rings. The van der Waals surface area contributed by atoms with E-state index < -0.39 is 17.5 Å². The third-order valence-electron chi connectivity index (χ3n) is 6.97. The monoisotopic (exact) mass is 510 g/mol. The number of hydrogen-bond acceptors (Lipinski definition) is 4. The second kappa shape index (κ2) is 10.9. The van der Waals surface area contributed by atoms with Gasteiger partial charge in [0.2, 0.25) is 0 Å². The molecule has 0 radical (unpaired) electrons. The lowest BCUT2D eigenvalue weighted by atomic mass is 9.90. The van der Waals surface area contributed by atoms with Crippen LogP contribution < -0.4 is 20.4 Å². The van der Waals surface area contributed by atoms with Crippen molar-refractivity contribution in [3.05, 3.63) is 53.6 Å². The Kier molecular flexibility index (Phi) is 7.88. The summed E-state index contributed by atoms with van der Waals surface area (Å²) in [6.07, 6.45) is 5.55. The third-order valence-corrected chi connectivity index (χ3v) is 7.20. The summed E-state index contributed by atoms with van der Waals surface area (Å²) in [5, 5.41) is 6.16. The van der Waals surface area contributed by atoms with Gasteiger partial charge in [-0.2, -0.15) is 0 Å². The summed E-state index contributed by atoms with van der Waals surface area (Å²) >= 11 is 6.05. The molecular formula is C28H35ClN4O3. The first kappa shape index (κ1) is 26.0. The Bertz CT molecular complexity index is 1120. The summed E-state index contributed by atoms with van der Waals surface area (Å²) in [4.78, 5) is 43.8. The number of rotatable bonds is 5. The van der Waals surface area contributed by atoms with Crippen molar-refractivity contribution in [2.45, 2.75) is 65.0 Å². The van der Waals surface area contributed by atoms with E-state index in [2.05, 4.69) is 15.5 Å². The van der Waals surface area contributed by atoms with Crippen LogP contribution in [0.5, 0.6) is 0 Å². The molecule has 1 heterocycles. The molecule has 36 heavy (non-hydrogen) atoms. The van der Waals surface area contributed by atoms with Crippen LogP contribution in [0.2, 0.25) is 5.02 Å². The average Bonchev–Trinajstić information content (AvgIpc) is 2.94. The van der Waals surface area contributed by atoms with Crippen molar-refractivity contribution in [2.24, 2.45) is 5.41 Å². The lowest BCUT2D eigenvalue weighted by Crippen LogP contribution is -2.55. The van der Waals surface area contributed by atoms with Gasteiger partial charge in [0.25, 0.3) is 5.91 Å². The number of para-hydroxylation sites is 2. The maximum Gasteiger partial charge on any atom is 0.319 e. The van der Waals surface area contributed by atoms with E-state index in [-0.39, 0.29) is 24.3 Å². The second-order valence-corrected chi connectivity index (χ2v) is 11.1. The number of fused-ring (bicyclic) bond motifs is 1. The zero-order chi connectivity index (χ0) is 25.9. The van der Waals surface area contributed by atoms with Gasteiger partial charge in [-0.25, -0.2) is 4.79 Å². The minimum atomic E-state index is -0.828. The van der Waals surface area contributed by atoms with E-state index in [1.165, 1.54) is 6.42 Å². The molecule has 1 atom stereocenters. The molecule has 192 valence electrons. The number of benzene rings is 2. The minimum Gasteiger partial charge on any atom is -0.364 e. The Morgan fingerprint density at radius 3 is 2.36 bits per heavy atom. The van der Waals surface area contributed by atoms with Crippen molar-refractivity contribution >= 4 is 46.4 Å². The van der Waals surface area contributed by atoms with Crippen molar-refractivity contribution in [1.82, 2.24) is 5.32 Å². The van der Waals surface area contributed by atoms with Gasteiger partial charge in [-0.15, -0.1) is 0 Å². The molecule has 4 rings (SSSR count). The van der Waals surface area contributed by atoms with Crippen molar-refractivity contribution in [3.63, 3.8) is 0 Å².